The van der Waals surface area contributed by atoms with Crippen molar-refractivity contribution in [2.24, 2.45) is 5.73 Å². The Morgan fingerprint density at radius 3 is 2.52 bits per heavy atom. The van der Waals surface area contributed by atoms with Crippen LogP contribution in [-0.4, -0.2) is 52.6 Å². The van der Waals surface area contributed by atoms with Crippen molar-refractivity contribution < 1.29 is 32.2 Å². The molecule has 1 aliphatic carbocycles. The summed E-state index contributed by atoms with van der Waals surface area (Å²) >= 11 is 0. The van der Waals surface area contributed by atoms with E-state index in [9.17, 15) is 22.8 Å². The van der Waals surface area contributed by atoms with Gasteiger partial charge in [-0.3, -0.25) is 9.59 Å². The first-order chi connectivity index (χ1) is 22.1. The number of nitrogens with zero attached hydrogens (tertiary/aromatic N) is 3. The van der Waals surface area contributed by atoms with Crippen LogP contribution < -0.4 is 20.9 Å². The van der Waals surface area contributed by atoms with E-state index in [0.29, 0.717) is 54.1 Å². The predicted molar refractivity (Wildman–Crippen MR) is 166 cm³/mol. The van der Waals surface area contributed by atoms with Crippen molar-refractivity contribution in [3.63, 3.8) is 0 Å². The van der Waals surface area contributed by atoms with Crippen LogP contribution in [0.2, 0.25) is 0 Å². The molecule has 1 amide bonds. The van der Waals surface area contributed by atoms with Crippen molar-refractivity contribution in [3.05, 3.63) is 100 Å². The number of hydrogen-bond acceptors (Lipinski definition) is 7. The van der Waals surface area contributed by atoms with Gasteiger partial charge in [0.1, 0.15) is 17.3 Å². The lowest BCUT2D eigenvalue weighted by Gasteiger charge is -2.33. The zero-order valence-corrected chi connectivity index (χ0v) is 25.0. The van der Waals surface area contributed by atoms with E-state index in [1.807, 2.05) is 13.0 Å². The number of ketones is 1. The number of anilines is 1. The molecule has 0 spiro atoms. The lowest BCUT2D eigenvalue weighted by Crippen LogP contribution is -2.41. The van der Waals surface area contributed by atoms with Crippen LogP contribution in [0, 0.1) is 12.7 Å². The maximum atomic E-state index is 14.0. The quantitative estimate of drug-likeness (QED) is 0.224. The number of ether oxygens (including phenoxy) is 2. The van der Waals surface area contributed by atoms with Crippen LogP contribution in [0.4, 0.5) is 19.0 Å². The summed E-state index contributed by atoms with van der Waals surface area (Å²) in [6.45, 7) is -0.335. The standard InChI is InChI=1S/C34H32F3N5O4/c1-19-12-24(45-29-5-3-2-4-27(29)35)6-7-28(19)42-33(39)26(18-40-42)32(44)23-13-21-15-25(30(46-34(36)37)16-22(21)14-23)20-8-10-41(11-9-20)31(43)17-38/h2-7,12,14-16,18,20,34H,8-11,13,17,38-39H2,1H3. The van der Waals surface area contributed by atoms with Crippen molar-refractivity contribution in [3.8, 4) is 22.9 Å². The lowest BCUT2D eigenvalue weighted by molar-refractivity contribution is -0.130. The number of benzene rings is 3. The minimum absolute atomic E-state index is 0.0625. The van der Waals surface area contributed by atoms with Gasteiger partial charge in [0.2, 0.25) is 5.91 Å². The summed E-state index contributed by atoms with van der Waals surface area (Å²) in [6.07, 6.45) is 4.51. The molecule has 12 heteroatoms. The molecule has 1 saturated heterocycles. The fourth-order valence-electron chi connectivity index (χ4n) is 6.10. The lowest BCUT2D eigenvalue weighted by atomic mass is 9.87. The molecule has 4 N–H and O–H groups in total. The van der Waals surface area contributed by atoms with Crippen molar-refractivity contribution >= 4 is 23.6 Å². The molecule has 0 bridgehead atoms. The number of rotatable bonds is 9. The maximum absolute atomic E-state index is 14.0. The van der Waals surface area contributed by atoms with Gasteiger partial charge in [-0.05, 0) is 90.4 Å². The highest BCUT2D eigenvalue weighted by Gasteiger charge is 2.30. The number of aryl methyl sites for hydroxylation is 1. The van der Waals surface area contributed by atoms with E-state index in [2.05, 4.69) is 5.10 Å². The molecule has 238 valence electrons. The Bertz CT molecular complexity index is 1850. The van der Waals surface area contributed by atoms with Crippen LogP contribution in [0.15, 0.2) is 66.4 Å². The maximum Gasteiger partial charge on any atom is 0.387 e. The van der Waals surface area contributed by atoms with Crippen LogP contribution in [0.5, 0.6) is 17.2 Å². The number of aromatic nitrogens is 2. The zero-order valence-electron chi connectivity index (χ0n) is 25.0. The zero-order chi connectivity index (χ0) is 32.5. The molecule has 3 aromatic carbocycles. The van der Waals surface area contributed by atoms with E-state index in [1.54, 1.807) is 47.4 Å². The number of halogens is 3. The average Bonchev–Trinajstić information content (AvgIpc) is 3.64. The van der Waals surface area contributed by atoms with Crippen LogP contribution in [0.25, 0.3) is 11.8 Å². The number of nitrogen functional groups attached to an aromatic ring is 1. The molecule has 1 aliphatic heterocycles. The predicted octanol–water partition coefficient (Wildman–Crippen LogP) is 5.78. The molecule has 46 heavy (non-hydrogen) atoms. The van der Waals surface area contributed by atoms with Crippen molar-refractivity contribution in [2.45, 2.75) is 38.7 Å². The molecule has 2 heterocycles. The third-order valence-corrected chi connectivity index (χ3v) is 8.46. The second-order valence-electron chi connectivity index (χ2n) is 11.3. The largest absolute Gasteiger partial charge is 0.454 e. The van der Waals surface area contributed by atoms with E-state index in [-0.39, 0.29) is 53.5 Å². The van der Waals surface area contributed by atoms with Crippen LogP contribution in [0.1, 0.15) is 51.4 Å². The van der Waals surface area contributed by atoms with Gasteiger partial charge in [0.15, 0.2) is 17.3 Å². The average molecular weight is 632 g/mol. The Morgan fingerprint density at radius 1 is 1.07 bits per heavy atom. The van der Waals surface area contributed by atoms with E-state index < -0.39 is 12.4 Å². The molecule has 1 aromatic heterocycles. The summed E-state index contributed by atoms with van der Waals surface area (Å²) in [5, 5.41) is 4.37. The van der Waals surface area contributed by atoms with Gasteiger partial charge < -0.3 is 25.8 Å². The number of allylic oxidation sites excluding steroid dienone is 1. The molecule has 2 aliphatic rings. The van der Waals surface area contributed by atoms with Gasteiger partial charge in [-0.1, -0.05) is 18.2 Å². The van der Waals surface area contributed by atoms with Gasteiger partial charge in [-0.15, -0.1) is 0 Å². The van der Waals surface area contributed by atoms with Crippen LogP contribution >= 0.6 is 0 Å². The second kappa shape index (κ2) is 12.7. The number of likely N-dealkylation sites (tertiary alicyclic amines) is 1. The first-order valence-corrected chi connectivity index (χ1v) is 14.8. The molecule has 0 saturated carbocycles. The molecule has 1 fully saturated rings. The summed E-state index contributed by atoms with van der Waals surface area (Å²) in [5.41, 5.74) is 16.0. The minimum Gasteiger partial charge on any atom is -0.454 e. The van der Waals surface area contributed by atoms with Gasteiger partial charge in [-0.2, -0.15) is 13.9 Å². The highest BCUT2D eigenvalue weighted by atomic mass is 19.3. The SMILES string of the molecule is Cc1cc(Oc2ccccc2F)ccc1-n1ncc(C(=O)C2=Cc3cc(OC(F)F)c(C4CCN(C(=O)CN)CC4)cc3C2)c1N. The number of carbonyl (C=O) groups excluding carboxylic acids is 2. The molecule has 0 atom stereocenters. The first kappa shape index (κ1) is 30.9. The Kier molecular flexibility index (Phi) is 8.55. The first-order valence-electron chi connectivity index (χ1n) is 14.8. The second-order valence-corrected chi connectivity index (χ2v) is 11.3. The number of amides is 1. The van der Waals surface area contributed by atoms with Gasteiger partial charge in [0.25, 0.3) is 0 Å². The number of para-hydroxylation sites is 1. The molecular formula is C34H32F3N5O4. The number of hydrogen-bond donors (Lipinski definition) is 2. The Morgan fingerprint density at radius 2 is 1.83 bits per heavy atom. The highest BCUT2D eigenvalue weighted by Crippen LogP contribution is 2.40. The third-order valence-electron chi connectivity index (χ3n) is 8.46. The normalized spacial score (nSPS) is 14.7. The van der Waals surface area contributed by atoms with Crippen LogP contribution in [-0.2, 0) is 11.2 Å². The summed E-state index contributed by atoms with van der Waals surface area (Å²) < 4.78 is 52.9. The fourth-order valence-corrected chi connectivity index (χ4v) is 6.10. The Balaban J connectivity index is 1.21. The van der Waals surface area contributed by atoms with E-state index in [0.717, 1.165) is 11.1 Å². The number of alkyl halides is 2. The summed E-state index contributed by atoms with van der Waals surface area (Å²) in [6, 6.07) is 14.6. The molecule has 0 radical (unpaired) electrons. The van der Waals surface area contributed by atoms with Crippen LogP contribution in [0.3, 0.4) is 0 Å². The smallest absolute Gasteiger partial charge is 0.387 e. The van der Waals surface area contributed by atoms with Gasteiger partial charge in [0.05, 0.1) is 24.0 Å². The van der Waals surface area contributed by atoms with E-state index in [1.165, 1.54) is 23.0 Å². The van der Waals surface area contributed by atoms with Crippen molar-refractivity contribution in [1.82, 2.24) is 14.7 Å². The molecule has 9 nitrogen and oxygen atoms in total. The summed E-state index contributed by atoms with van der Waals surface area (Å²) in [4.78, 5) is 27.4. The van der Waals surface area contributed by atoms with E-state index in [4.69, 9.17) is 20.9 Å². The number of Topliss-reactive ketones (excluding diaryl/α,β-unsaturated/α-hetero) is 1. The van der Waals surface area contributed by atoms with E-state index >= 15 is 0 Å². The number of piperidine rings is 1. The number of fused-ring (bicyclic) bond motifs is 1. The van der Waals surface area contributed by atoms with Gasteiger partial charge in [0, 0.05) is 25.1 Å². The monoisotopic (exact) mass is 631 g/mol. The summed E-state index contributed by atoms with van der Waals surface area (Å²) in [7, 11) is 0. The molecule has 6 rings (SSSR count). The minimum atomic E-state index is -3.02. The van der Waals surface area contributed by atoms with Crippen molar-refractivity contribution in [2.75, 3.05) is 25.4 Å². The van der Waals surface area contributed by atoms with Gasteiger partial charge >= 0.3 is 6.61 Å². The van der Waals surface area contributed by atoms with Crippen molar-refractivity contribution in [1.29, 1.82) is 0 Å². The van der Waals surface area contributed by atoms with Gasteiger partial charge in [-0.25, -0.2) is 9.07 Å². The Hall–Kier alpha value is -5.10. The topological polar surface area (TPSA) is 126 Å². The number of carbonyl (C=O) groups is 2. The third kappa shape index (κ3) is 6.08. The Labute approximate surface area is 263 Å². The molecule has 0 unspecified atom stereocenters. The fraction of sp³-hybridized carbons (Fsp3) is 0.265. The number of nitrogens with two attached hydrogens (primary N) is 2. The highest BCUT2D eigenvalue weighted by molar-refractivity contribution is 6.15. The molecular weight excluding hydrogens is 599 g/mol. The molecule has 4 aromatic rings. The summed E-state index contributed by atoms with van der Waals surface area (Å²) in [5.74, 6) is -0.344.